The van der Waals surface area contributed by atoms with E-state index in [0.717, 1.165) is 0 Å². The summed E-state index contributed by atoms with van der Waals surface area (Å²) in [4.78, 5) is 11.7. The Hall–Kier alpha value is -1.36. The zero-order valence-electron chi connectivity index (χ0n) is 20.4. The van der Waals surface area contributed by atoms with Crippen LogP contribution < -0.4 is 8.85 Å². The van der Waals surface area contributed by atoms with Gasteiger partial charge >= 0.3 is 5.97 Å². The molecule has 0 amide bonds. The van der Waals surface area contributed by atoms with Gasteiger partial charge < -0.3 is 23.8 Å². The highest BCUT2D eigenvalue weighted by molar-refractivity contribution is 6.75. The van der Waals surface area contributed by atoms with E-state index in [4.69, 9.17) is 8.85 Å². The zero-order chi connectivity index (χ0) is 23.7. The number of aliphatic hydroxyl groups excluding tert-OH is 2. The van der Waals surface area contributed by atoms with E-state index in [1.54, 1.807) is 18.2 Å². The maximum atomic E-state index is 11.7. The Morgan fingerprint density at radius 1 is 0.867 bits per heavy atom. The van der Waals surface area contributed by atoms with Crippen LogP contribution in [0.15, 0.2) is 18.2 Å². The molecule has 1 rings (SSSR count). The molecular weight excluding hydrogens is 416 g/mol. The fourth-order valence-electron chi connectivity index (χ4n) is 2.16. The summed E-state index contributed by atoms with van der Waals surface area (Å²) >= 11 is 0. The predicted molar refractivity (Wildman–Crippen MR) is 125 cm³/mol. The third-order valence-electron chi connectivity index (χ3n) is 6.39. The number of hydrogen-bond donors (Lipinski definition) is 2. The zero-order valence-corrected chi connectivity index (χ0v) is 22.4. The average molecular weight is 457 g/mol. The summed E-state index contributed by atoms with van der Waals surface area (Å²) in [6, 6.07) is 5.07. The summed E-state index contributed by atoms with van der Waals surface area (Å²) in [6.45, 7) is 21.5. The number of rotatable bonds is 7. The van der Waals surface area contributed by atoms with E-state index in [-0.39, 0.29) is 10.1 Å². The van der Waals surface area contributed by atoms with Crippen LogP contribution in [0, 0.1) is 0 Å². The van der Waals surface area contributed by atoms with Crippen molar-refractivity contribution in [3.8, 4) is 11.5 Å². The minimum absolute atomic E-state index is 0.000503. The number of esters is 1. The van der Waals surface area contributed by atoms with Crippen LogP contribution in [0.1, 0.15) is 53.2 Å². The summed E-state index contributed by atoms with van der Waals surface area (Å²) in [5, 5.41) is 20.5. The van der Waals surface area contributed by atoms with Gasteiger partial charge in [-0.15, -0.1) is 0 Å². The molecule has 8 heteroatoms. The molecule has 0 bridgehead atoms. The van der Waals surface area contributed by atoms with Gasteiger partial charge in [-0.2, -0.15) is 0 Å². The standard InChI is InChI=1S/C22H40O6Si2/c1-21(2,3)29(8,9)27-16-13-12-15(18(23)19(24)20(25)26-7)14-17(16)28-30(10,11)22(4,5)6/h12-14,18-19,23-24H,1-11H3/t18-,19+/m1/s1. The normalized spacial score (nSPS) is 15.4. The lowest BCUT2D eigenvalue weighted by atomic mass is 10.0. The molecule has 2 N–H and O–H groups in total. The Balaban J connectivity index is 3.47. The van der Waals surface area contributed by atoms with Gasteiger partial charge in [0.15, 0.2) is 6.10 Å². The Morgan fingerprint density at radius 2 is 1.30 bits per heavy atom. The second-order valence-electron chi connectivity index (χ2n) is 10.8. The molecule has 0 aliphatic rings. The van der Waals surface area contributed by atoms with E-state index in [2.05, 4.69) is 72.5 Å². The van der Waals surface area contributed by atoms with Crippen molar-refractivity contribution in [3.63, 3.8) is 0 Å². The number of carbonyl (C=O) groups is 1. The van der Waals surface area contributed by atoms with Gasteiger partial charge in [0.2, 0.25) is 0 Å². The van der Waals surface area contributed by atoms with Gasteiger partial charge in [-0.25, -0.2) is 4.79 Å². The van der Waals surface area contributed by atoms with Crippen molar-refractivity contribution in [3.05, 3.63) is 23.8 Å². The third-order valence-corrected chi connectivity index (χ3v) is 15.1. The lowest BCUT2D eigenvalue weighted by Crippen LogP contribution is -2.45. The second-order valence-corrected chi connectivity index (χ2v) is 20.3. The molecule has 0 aliphatic heterocycles. The van der Waals surface area contributed by atoms with Crippen LogP contribution in [-0.4, -0.2) is 46.0 Å². The molecule has 1 aromatic carbocycles. The number of methoxy groups -OCH3 is 1. The first-order chi connectivity index (χ1) is 13.3. The fraction of sp³-hybridized carbons (Fsp3) is 0.682. The van der Waals surface area contributed by atoms with Crippen molar-refractivity contribution >= 4 is 22.6 Å². The molecule has 0 aliphatic carbocycles. The summed E-state index contributed by atoms with van der Waals surface area (Å²) in [5.74, 6) is 0.255. The molecule has 6 nitrogen and oxygen atoms in total. The Morgan fingerprint density at radius 3 is 1.70 bits per heavy atom. The van der Waals surface area contributed by atoms with Crippen molar-refractivity contribution in [2.45, 2.75) is 90.0 Å². The second kappa shape index (κ2) is 9.02. The van der Waals surface area contributed by atoms with Gasteiger partial charge in [-0.05, 0) is 54.0 Å². The van der Waals surface area contributed by atoms with Crippen LogP contribution in [0.5, 0.6) is 11.5 Å². The molecule has 0 unspecified atom stereocenters. The quantitative estimate of drug-likeness (QED) is 0.442. The van der Waals surface area contributed by atoms with Crippen LogP contribution in [0.2, 0.25) is 36.3 Å². The van der Waals surface area contributed by atoms with Gasteiger partial charge in [0.25, 0.3) is 16.6 Å². The van der Waals surface area contributed by atoms with Gasteiger partial charge in [-0.1, -0.05) is 47.6 Å². The first-order valence-corrected chi connectivity index (χ1v) is 16.1. The molecule has 0 saturated carbocycles. The Bertz CT molecular complexity index is 747. The largest absolute Gasteiger partial charge is 0.541 e. The first-order valence-electron chi connectivity index (χ1n) is 10.3. The van der Waals surface area contributed by atoms with Gasteiger partial charge in [0, 0.05) is 0 Å². The molecule has 172 valence electrons. The molecule has 0 aromatic heterocycles. The van der Waals surface area contributed by atoms with E-state index in [1.807, 2.05) is 0 Å². The summed E-state index contributed by atoms with van der Waals surface area (Å²) < 4.78 is 17.6. The topological polar surface area (TPSA) is 85.2 Å². The van der Waals surface area contributed by atoms with Crippen molar-refractivity contribution in [2.75, 3.05) is 7.11 Å². The number of benzene rings is 1. The SMILES string of the molecule is COC(=O)[C@@H](O)[C@H](O)c1ccc(O[Si](C)(C)C(C)(C)C)c(O[Si](C)(C)C(C)(C)C)c1. The summed E-state index contributed by atoms with van der Waals surface area (Å²) in [5.41, 5.74) is 0.365. The number of hydrogen-bond acceptors (Lipinski definition) is 6. The van der Waals surface area contributed by atoms with Crippen molar-refractivity contribution < 1.29 is 28.6 Å². The fourth-order valence-corrected chi connectivity index (χ4v) is 4.20. The minimum atomic E-state index is -2.21. The highest BCUT2D eigenvalue weighted by atomic mass is 28.4. The highest BCUT2D eigenvalue weighted by Crippen LogP contribution is 2.44. The molecule has 0 heterocycles. The van der Waals surface area contributed by atoms with E-state index in [1.165, 1.54) is 7.11 Å². The molecule has 30 heavy (non-hydrogen) atoms. The molecule has 0 spiro atoms. The van der Waals surface area contributed by atoms with Crippen LogP contribution in [-0.2, 0) is 9.53 Å². The van der Waals surface area contributed by atoms with E-state index >= 15 is 0 Å². The van der Waals surface area contributed by atoms with E-state index in [0.29, 0.717) is 17.1 Å². The number of aliphatic hydroxyl groups is 2. The molecule has 2 atom stereocenters. The predicted octanol–water partition coefficient (Wildman–Crippen LogP) is 5.02. The van der Waals surface area contributed by atoms with Crippen molar-refractivity contribution in [1.29, 1.82) is 0 Å². The molecule has 1 aromatic rings. The summed E-state index contributed by atoms with van der Waals surface area (Å²) in [7, 11) is -3.18. The minimum Gasteiger partial charge on any atom is -0.541 e. The van der Waals surface area contributed by atoms with Crippen LogP contribution in [0.25, 0.3) is 0 Å². The van der Waals surface area contributed by atoms with Crippen LogP contribution >= 0.6 is 0 Å². The molecule has 0 radical (unpaired) electrons. The first kappa shape index (κ1) is 26.7. The maximum absolute atomic E-state index is 11.7. The molecular formula is C22H40O6Si2. The van der Waals surface area contributed by atoms with Crippen LogP contribution in [0.4, 0.5) is 0 Å². The lowest BCUT2D eigenvalue weighted by molar-refractivity contribution is -0.156. The lowest BCUT2D eigenvalue weighted by Gasteiger charge is -2.40. The van der Waals surface area contributed by atoms with E-state index < -0.39 is 34.8 Å². The van der Waals surface area contributed by atoms with E-state index in [9.17, 15) is 15.0 Å². The Kier molecular flexibility index (Phi) is 8.02. The number of ether oxygens (including phenoxy) is 1. The average Bonchev–Trinajstić information content (AvgIpc) is 2.58. The summed E-state index contributed by atoms with van der Waals surface area (Å²) in [6.07, 6.45) is -3.11. The maximum Gasteiger partial charge on any atom is 0.337 e. The smallest absolute Gasteiger partial charge is 0.337 e. The van der Waals surface area contributed by atoms with Gasteiger partial charge in [0.1, 0.15) is 17.6 Å². The highest BCUT2D eigenvalue weighted by Gasteiger charge is 2.42. The van der Waals surface area contributed by atoms with Crippen molar-refractivity contribution in [1.82, 2.24) is 0 Å². The van der Waals surface area contributed by atoms with Crippen LogP contribution in [0.3, 0.4) is 0 Å². The van der Waals surface area contributed by atoms with Gasteiger partial charge in [-0.3, -0.25) is 0 Å². The molecule has 0 saturated heterocycles. The third kappa shape index (κ3) is 6.09. The number of carbonyl (C=O) groups excluding carboxylic acids is 1. The van der Waals surface area contributed by atoms with Gasteiger partial charge in [0.05, 0.1) is 7.11 Å². The Labute approximate surface area is 183 Å². The monoisotopic (exact) mass is 456 g/mol. The molecule has 0 fully saturated rings. The van der Waals surface area contributed by atoms with Crippen molar-refractivity contribution in [2.24, 2.45) is 0 Å².